The summed E-state index contributed by atoms with van der Waals surface area (Å²) in [6, 6.07) is 3.77. The number of ether oxygens (including phenoxy) is 2. The van der Waals surface area contributed by atoms with E-state index in [-0.39, 0.29) is 29.9 Å². The van der Waals surface area contributed by atoms with Crippen LogP contribution in [-0.2, 0) is 4.74 Å². The molecule has 29 heavy (non-hydrogen) atoms. The lowest BCUT2D eigenvalue weighted by atomic mass is 9.94. The standard InChI is InChI=1S/C22H31N3O4/c1-13-14(2)29-20-17(13)10-16(11-18(20)22(27)23-3)21(26)24-19-12-15(19)4-5-25-6-8-28-9-7-25/h10-11,13-15,19H,4-9,12H2,1-3H3,(H,23,27)(H,24,26)/t13-,14-,15+,19+/m1/s1. The molecule has 2 heterocycles. The molecule has 0 unspecified atom stereocenters. The van der Waals surface area contributed by atoms with Gasteiger partial charge in [0.1, 0.15) is 11.9 Å². The Balaban J connectivity index is 1.40. The number of carbonyl (C=O) groups is 2. The highest BCUT2D eigenvalue weighted by molar-refractivity contribution is 6.02. The molecule has 2 fully saturated rings. The first kappa shape index (κ1) is 20.2. The first-order valence-corrected chi connectivity index (χ1v) is 10.7. The molecule has 2 amide bonds. The fourth-order valence-electron chi connectivity index (χ4n) is 4.26. The Morgan fingerprint density at radius 3 is 2.66 bits per heavy atom. The van der Waals surface area contributed by atoms with Gasteiger partial charge in [0, 0.05) is 43.2 Å². The quantitative estimate of drug-likeness (QED) is 0.760. The summed E-state index contributed by atoms with van der Waals surface area (Å²) in [5.74, 6) is 0.951. The maximum absolute atomic E-state index is 12.9. The highest BCUT2D eigenvalue weighted by atomic mass is 16.5. The fraction of sp³-hybridized carbons (Fsp3) is 0.636. The van der Waals surface area contributed by atoms with E-state index in [4.69, 9.17) is 9.47 Å². The van der Waals surface area contributed by atoms with Gasteiger partial charge in [0.05, 0.1) is 18.8 Å². The van der Waals surface area contributed by atoms with Crippen molar-refractivity contribution >= 4 is 11.8 Å². The zero-order valence-corrected chi connectivity index (χ0v) is 17.5. The van der Waals surface area contributed by atoms with E-state index in [1.807, 2.05) is 13.0 Å². The molecule has 0 radical (unpaired) electrons. The number of hydrogen-bond acceptors (Lipinski definition) is 5. The van der Waals surface area contributed by atoms with Crippen LogP contribution in [0.1, 0.15) is 58.9 Å². The number of morpholine rings is 1. The molecule has 7 nitrogen and oxygen atoms in total. The van der Waals surface area contributed by atoms with Gasteiger partial charge >= 0.3 is 0 Å². The lowest BCUT2D eigenvalue weighted by molar-refractivity contribution is 0.0367. The number of benzene rings is 1. The minimum absolute atomic E-state index is 0.0142. The van der Waals surface area contributed by atoms with Gasteiger partial charge in [-0.2, -0.15) is 0 Å². The molecule has 1 aliphatic carbocycles. The van der Waals surface area contributed by atoms with Crippen molar-refractivity contribution in [2.24, 2.45) is 5.92 Å². The largest absolute Gasteiger partial charge is 0.489 e. The van der Waals surface area contributed by atoms with E-state index in [1.165, 1.54) is 0 Å². The summed E-state index contributed by atoms with van der Waals surface area (Å²) >= 11 is 0. The summed E-state index contributed by atoms with van der Waals surface area (Å²) in [6.45, 7) is 8.75. The van der Waals surface area contributed by atoms with E-state index in [1.54, 1.807) is 13.1 Å². The molecule has 2 aliphatic heterocycles. The third kappa shape index (κ3) is 4.26. The lowest BCUT2D eigenvalue weighted by Crippen LogP contribution is -2.37. The van der Waals surface area contributed by atoms with Crippen molar-refractivity contribution in [1.82, 2.24) is 15.5 Å². The third-order valence-electron chi connectivity index (χ3n) is 6.51. The summed E-state index contributed by atoms with van der Waals surface area (Å²) in [5, 5.41) is 5.81. The molecule has 1 saturated heterocycles. The predicted molar refractivity (Wildman–Crippen MR) is 110 cm³/mol. The summed E-state index contributed by atoms with van der Waals surface area (Å²) < 4.78 is 11.3. The topological polar surface area (TPSA) is 79.9 Å². The van der Waals surface area contributed by atoms with Crippen molar-refractivity contribution in [3.8, 4) is 5.75 Å². The van der Waals surface area contributed by atoms with Crippen LogP contribution in [0, 0.1) is 5.92 Å². The molecule has 0 aromatic heterocycles. The van der Waals surface area contributed by atoms with Gasteiger partial charge in [0.15, 0.2) is 0 Å². The molecule has 3 aliphatic rings. The molecule has 0 spiro atoms. The normalized spacial score (nSPS) is 28.4. The van der Waals surface area contributed by atoms with Crippen LogP contribution in [0.3, 0.4) is 0 Å². The SMILES string of the molecule is CNC(=O)c1cc(C(=O)N[C@H]2C[C@@H]2CCN2CCOCC2)cc2c1O[C@H](C)[C@H]2C. The monoisotopic (exact) mass is 401 g/mol. The average Bonchev–Trinajstić information content (AvgIpc) is 3.42. The van der Waals surface area contributed by atoms with Gasteiger partial charge in [-0.25, -0.2) is 0 Å². The van der Waals surface area contributed by atoms with Gasteiger partial charge in [0.2, 0.25) is 0 Å². The smallest absolute Gasteiger partial charge is 0.254 e. The molecule has 0 bridgehead atoms. The molecule has 1 saturated carbocycles. The molecule has 158 valence electrons. The summed E-state index contributed by atoms with van der Waals surface area (Å²) in [4.78, 5) is 27.7. The van der Waals surface area contributed by atoms with Crippen LogP contribution in [0.4, 0.5) is 0 Å². The number of rotatable bonds is 6. The molecule has 4 rings (SSSR count). The van der Waals surface area contributed by atoms with Crippen molar-refractivity contribution in [3.63, 3.8) is 0 Å². The van der Waals surface area contributed by atoms with E-state index in [0.29, 0.717) is 22.8 Å². The maximum Gasteiger partial charge on any atom is 0.254 e. The molecule has 1 aromatic rings. The summed E-state index contributed by atoms with van der Waals surface area (Å²) in [6.07, 6.45) is 2.11. The highest BCUT2D eigenvalue weighted by Gasteiger charge is 2.39. The Kier molecular flexibility index (Phi) is 5.79. The second kappa shape index (κ2) is 8.32. The van der Waals surface area contributed by atoms with E-state index in [0.717, 1.165) is 51.3 Å². The molecular weight excluding hydrogens is 370 g/mol. The zero-order chi connectivity index (χ0) is 20.5. The second-order valence-electron chi connectivity index (χ2n) is 8.45. The van der Waals surface area contributed by atoms with E-state index < -0.39 is 0 Å². The Hall–Kier alpha value is -2.12. The zero-order valence-electron chi connectivity index (χ0n) is 17.5. The van der Waals surface area contributed by atoms with Gasteiger partial charge in [-0.05, 0) is 44.4 Å². The molecule has 2 N–H and O–H groups in total. The fourth-order valence-corrected chi connectivity index (χ4v) is 4.26. The third-order valence-corrected chi connectivity index (χ3v) is 6.51. The van der Waals surface area contributed by atoms with Crippen LogP contribution in [0.15, 0.2) is 12.1 Å². The minimum atomic E-state index is -0.230. The van der Waals surface area contributed by atoms with Gasteiger partial charge in [0.25, 0.3) is 11.8 Å². The van der Waals surface area contributed by atoms with Crippen molar-refractivity contribution in [2.45, 2.75) is 44.8 Å². The minimum Gasteiger partial charge on any atom is -0.489 e. The van der Waals surface area contributed by atoms with Gasteiger partial charge in [-0.1, -0.05) is 6.92 Å². The van der Waals surface area contributed by atoms with Crippen LogP contribution < -0.4 is 15.4 Å². The first-order valence-electron chi connectivity index (χ1n) is 10.7. The molecule has 7 heteroatoms. The Morgan fingerprint density at radius 1 is 1.17 bits per heavy atom. The van der Waals surface area contributed by atoms with Crippen LogP contribution in [0.5, 0.6) is 5.75 Å². The Morgan fingerprint density at radius 2 is 1.93 bits per heavy atom. The second-order valence-corrected chi connectivity index (χ2v) is 8.45. The van der Waals surface area contributed by atoms with Crippen LogP contribution in [-0.4, -0.2) is 68.8 Å². The number of nitrogens with one attached hydrogen (secondary N) is 2. The Bertz CT molecular complexity index is 791. The van der Waals surface area contributed by atoms with Crippen LogP contribution >= 0.6 is 0 Å². The number of nitrogens with zero attached hydrogens (tertiary/aromatic N) is 1. The van der Waals surface area contributed by atoms with Crippen molar-refractivity contribution in [3.05, 3.63) is 28.8 Å². The molecular formula is C22H31N3O4. The molecule has 1 aromatic carbocycles. The molecule has 4 atom stereocenters. The first-order chi connectivity index (χ1) is 14.0. The lowest BCUT2D eigenvalue weighted by Gasteiger charge is -2.26. The number of carbonyl (C=O) groups excluding carboxylic acids is 2. The highest BCUT2D eigenvalue weighted by Crippen LogP contribution is 2.41. The van der Waals surface area contributed by atoms with Crippen molar-refractivity contribution in [1.29, 1.82) is 0 Å². The van der Waals surface area contributed by atoms with Crippen LogP contribution in [0.2, 0.25) is 0 Å². The van der Waals surface area contributed by atoms with Crippen molar-refractivity contribution in [2.75, 3.05) is 39.9 Å². The number of fused-ring (bicyclic) bond motifs is 1. The average molecular weight is 402 g/mol. The number of hydrogen-bond donors (Lipinski definition) is 2. The maximum atomic E-state index is 12.9. The summed E-state index contributed by atoms with van der Waals surface area (Å²) in [7, 11) is 1.59. The predicted octanol–water partition coefficient (Wildman–Crippen LogP) is 1.77. The van der Waals surface area contributed by atoms with Crippen LogP contribution in [0.25, 0.3) is 0 Å². The number of amides is 2. The van der Waals surface area contributed by atoms with Gasteiger partial charge in [-0.15, -0.1) is 0 Å². The van der Waals surface area contributed by atoms with E-state index >= 15 is 0 Å². The van der Waals surface area contributed by atoms with E-state index in [2.05, 4.69) is 22.5 Å². The van der Waals surface area contributed by atoms with Gasteiger partial charge < -0.3 is 20.1 Å². The van der Waals surface area contributed by atoms with Gasteiger partial charge in [-0.3, -0.25) is 14.5 Å². The van der Waals surface area contributed by atoms with E-state index in [9.17, 15) is 9.59 Å². The summed E-state index contributed by atoms with van der Waals surface area (Å²) in [5.41, 5.74) is 1.90. The van der Waals surface area contributed by atoms with Crippen molar-refractivity contribution < 1.29 is 19.1 Å². The Labute approximate surface area is 172 Å².